The normalized spacial score (nSPS) is 11.0. The molecule has 0 bridgehead atoms. The van der Waals surface area contributed by atoms with Gasteiger partial charge >= 0.3 is 0 Å². The van der Waals surface area contributed by atoms with Gasteiger partial charge in [0.05, 0.1) is 17.4 Å². The summed E-state index contributed by atoms with van der Waals surface area (Å²) in [6.07, 6.45) is 7.26. The molecule has 0 amide bonds. The van der Waals surface area contributed by atoms with Gasteiger partial charge in [0, 0.05) is 24.3 Å². The molecule has 3 heterocycles. The molecule has 6 heteroatoms. The van der Waals surface area contributed by atoms with Gasteiger partial charge in [0.15, 0.2) is 5.88 Å². The zero-order valence-electron chi connectivity index (χ0n) is 11.2. The lowest BCUT2D eigenvalue weighted by molar-refractivity contribution is 0.287. The Kier molecular flexibility index (Phi) is 2.71. The monoisotopic (exact) mass is 279 g/mol. The number of hydrogen-bond donors (Lipinski definition) is 2. The third-order valence-corrected chi connectivity index (χ3v) is 3.25. The molecule has 4 rings (SSSR count). The number of benzene rings is 1. The van der Waals surface area contributed by atoms with Gasteiger partial charge in [-0.2, -0.15) is 0 Å². The van der Waals surface area contributed by atoms with Gasteiger partial charge in [-0.1, -0.05) is 0 Å². The molecule has 0 saturated heterocycles. The highest BCUT2D eigenvalue weighted by Gasteiger charge is 2.05. The predicted octanol–water partition coefficient (Wildman–Crippen LogP) is 2.66. The summed E-state index contributed by atoms with van der Waals surface area (Å²) in [5.41, 5.74) is 2.94. The number of H-pyrrole nitrogens is 2. The molecule has 21 heavy (non-hydrogen) atoms. The molecular formula is C15H13N5O. The highest BCUT2D eigenvalue weighted by atomic mass is 16.5. The van der Waals surface area contributed by atoms with E-state index in [2.05, 4.69) is 19.9 Å². The molecule has 0 atom stereocenters. The number of nitrogens with one attached hydrogen (secondary N) is 2. The van der Waals surface area contributed by atoms with Crippen molar-refractivity contribution >= 4 is 11.0 Å². The summed E-state index contributed by atoms with van der Waals surface area (Å²) in [5.74, 6) is 1.52. The lowest BCUT2D eigenvalue weighted by Gasteiger charge is -2.00. The zero-order chi connectivity index (χ0) is 14.1. The number of hydrogen-bond acceptors (Lipinski definition) is 3. The van der Waals surface area contributed by atoms with Gasteiger partial charge in [-0.05, 0) is 30.3 Å². The van der Waals surface area contributed by atoms with Crippen LogP contribution >= 0.6 is 0 Å². The first kappa shape index (κ1) is 11.8. The Morgan fingerprint density at radius 2 is 2.24 bits per heavy atom. The first-order valence-electron chi connectivity index (χ1n) is 6.62. The Hall–Kier alpha value is -3.02. The molecule has 0 fully saturated rings. The highest BCUT2D eigenvalue weighted by Crippen LogP contribution is 2.17. The van der Waals surface area contributed by atoms with Gasteiger partial charge in [-0.25, -0.2) is 9.97 Å². The van der Waals surface area contributed by atoms with Crippen molar-refractivity contribution in [1.82, 2.24) is 24.5 Å². The standard InChI is InChI=1S/C15H13N5O/c1-2-15(17-5-1)21-9-14-18-12-4-3-11(8-13(12)19-14)20-7-6-16-10-20/h1-8,10,17H,9H2,(H,18,19). The van der Waals surface area contributed by atoms with Crippen LogP contribution in [-0.4, -0.2) is 24.5 Å². The highest BCUT2D eigenvalue weighted by molar-refractivity contribution is 5.77. The Morgan fingerprint density at radius 1 is 1.24 bits per heavy atom. The largest absolute Gasteiger partial charge is 0.471 e. The molecular weight excluding hydrogens is 266 g/mol. The van der Waals surface area contributed by atoms with E-state index in [1.54, 1.807) is 12.5 Å². The molecule has 1 aromatic carbocycles. The van der Waals surface area contributed by atoms with Crippen LogP contribution in [0.5, 0.6) is 5.88 Å². The summed E-state index contributed by atoms with van der Waals surface area (Å²) in [5, 5.41) is 0. The van der Waals surface area contributed by atoms with E-state index >= 15 is 0 Å². The van der Waals surface area contributed by atoms with Crippen LogP contribution in [0.1, 0.15) is 5.82 Å². The summed E-state index contributed by atoms with van der Waals surface area (Å²) in [7, 11) is 0. The molecule has 4 aromatic rings. The van der Waals surface area contributed by atoms with E-state index in [-0.39, 0.29) is 0 Å². The summed E-state index contributed by atoms with van der Waals surface area (Å²) < 4.78 is 7.55. The number of aromatic nitrogens is 5. The Balaban J connectivity index is 1.60. The third-order valence-electron chi connectivity index (χ3n) is 3.25. The first-order chi connectivity index (χ1) is 10.4. The van der Waals surface area contributed by atoms with E-state index in [9.17, 15) is 0 Å². The number of fused-ring (bicyclic) bond motifs is 1. The van der Waals surface area contributed by atoms with Crippen LogP contribution in [0.2, 0.25) is 0 Å². The average molecular weight is 279 g/mol. The fourth-order valence-electron chi connectivity index (χ4n) is 2.24. The molecule has 0 spiro atoms. The Bertz CT molecular complexity index is 846. The molecule has 2 N–H and O–H groups in total. The zero-order valence-corrected chi connectivity index (χ0v) is 11.2. The summed E-state index contributed by atoms with van der Waals surface area (Å²) in [4.78, 5) is 14.8. The molecule has 0 aliphatic carbocycles. The molecule has 0 aliphatic rings. The van der Waals surface area contributed by atoms with Gasteiger partial charge in [-0.3, -0.25) is 0 Å². The molecule has 3 aromatic heterocycles. The second-order valence-electron chi connectivity index (χ2n) is 4.68. The van der Waals surface area contributed by atoms with Crippen LogP contribution in [0, 0.1) is 0 Å². The second kappa shape index (κ2) is 4.82. The number of aromatic amines is 2. The van der Waals surface area contributed by atoms with Crippen LogP contribution in [0.15, 0.2) is 55.2 Å². The lowest BCUT2D eigenvalue weighted by atomic mass is 10.3. The minimum atomic E-state index is 0.398. The van der Waals surface area contributed by atoms with Crippen LogP contribution in [0.3, 0.4) is 0 Å². The quantitative estimate of drug-likeness (QED) is 0.603. The van der Waals surface area contributed by atoms with Crippen molar-refractivity contribution in [2.24, 2.45) is 0 Å². The summed E-state index contributed by atoms with van der Waals surface area (Å²) in [6, 6.07) is 9.81. The van der Waals surface area contributed by atoms with Crippen molar-refractivity contribution in [2.45, 2.75) is 6.61 Å². The molecule has 0 aliphatic heterocycles. The SMILES string of the molecule is c1c[nH]c(OCc2nc3ccc(-n4ccnc4)cc3[nH]2)c1. The lowest BCUT2D eigenvalue weighted by Crippen LogP contribution is -1.97. The average Bonchev–Trinajstić information content (AvgIpc) is 3.24. The topological polar surface area (TPSA) is 71.5 Å². The van der Waals surface area contributed by atoms with Crippen molar-refractivity contribution in [3.8, 4) is 11.6 Å². The maximum absolute atomic E-state index is 5.60. The molecule has 0 saturated carbocycles. The van der Waals surface area contributed by atoms with Crippen molar-refractivity contribution < 1.29 is 4.74 Å². The van der Waals surface area contributed by atoms with E-state index < -0.39 is 0 Å². The molecule has 0 radical (unpaired) electrons. The van der Waals surface area contributed by atoms with Crippen LogP contribution in [-0.2, 0) is 6.61 Å². The van der Waals surface area contributed by atoms with Crippen molar-refractivity contribution in [3.05, 3.63) is 61.1 Å². The van der Waals surface area contributed by atoms with Crippen molar-refractivity contribution in [1.29, 1.82) is 0 Å². The first-order valence-corrected chi connectivity index (χ1v) is 6.62. The van der Waals surface area contributed by atoms with E-state index in [4.69, 9.17) is 4.74 Å². The van der Waals surface area contributed by atoms with Gasteiger partial charge in [0.25, 0.3) is 0 Å². The van der Waals surface area contributed by atoms with Crippen LogP contribution < -0.4 is 4.74 Å². The minimum Gasteiger partial charge on any atom is -0.471 e. The third kappa shape index (κ3) is 2.27. The number of imidazole rings is 2. The minimum absolute atomic E-state index is 0.398. The van der Waals surface area contributed by atoms with E-state index in [0.717, 1.165) is 28.4 Å². The fraction of sp³-hybridized carbons (Fsp3) is 0.0667. The molecule has 0 unspecified atom stereocenters. The van der Waals surface area contributed by atoms with Gasteiger partial charge in [0.2, 0.25) is 0 Å². The fourth-order valence-corrected chi connectivity index (χ4v) is 2.24. The number of ether oxygens (including phenoxy) is 1. The summed E-state index contributed by atoms with van der Waals surface area (Å²) in [6.45, 7) is 0.398. The van der Waals surface area contributed by atoms with Crippen LogP contribution in [0.4, 0.5) is 0 Å². The van der Waals surface area contributed by atoms with Crippen molar-refractivity contribution in [2.75, 3.05) is 0 Å². The van der Waals surface area contributed by atoms with E-state index in [0.29, 0.717) is 6.61 Å². The molecule has 104 valence electrons. The Labute approximate surface area is 120 Å². The van der Waals surface area contributed by atoms with E-state index in [1.807, 2.05) is 47.3 Å². The van der Waals surface area contributed by atoms with Gasteiger partial charge < -0.3 is 19.3 Å². The van der Waals surface area contributed by atoms with Gasteiger partial charge in [-0.15, -0.1) is 0 Å². The van der Waals surface area contributed by atoms with Crippen molar-refractivity contribution in [3.63, 3.8) is 0 Å². The predicted molar refractivity (Wildman–Crippen MR) is 78.3 cm³/mol. The molecule has 6 nitrogen and oxygen atoms in total. The number of nitrogens with zero attached hydrogens (tertiary/aromatic N) is 3. The van der Waals surface area contributed by atoms with Gasteiger partial charge in [0.1, 0.15) is 12.4 Å². The maximum atomic E-state index is 5.60. The smallest absolute Gasteiger partial charge is 0.191 e. The number of rotatable bonds is 4. The van der Waals surface area contributed by atoms with Crippen LogP contribution in [0.25, 0.3) is 16.7 Å². The Morgan fingerprint density at radius 3 is 3.05 bits per heavy atom. The second-order valence-corrected chi connectivity index (χ2v) is 4.68. The summed E-state index contributed by atoms with van der Waals surface area (Å²) >= 11 is 0. The van der Waals surface area contributed by atoms with E-state index in [1.165, 1.54) is 0 Å². The maximum Gasteiger partial charge on any atom is 0.191 e.